The standard InChI is InChI=1S/C16H19Cl2NO5/c1-3-4-5-22-14-8-23-19-15(14)10-6-11(17)12(18)7-13(10)24-9(2)16(20)21/h6-7,9,14H,3-5,8H2,1-2H3,(H,20,21)/t9-,14?/m0/s1. The smallest absolute Gasteiger partial charge is 0.344 e. The molecule has 6 nitrogen and oxygen atoms in total. The van der Waals surface area contributed by atoms with Gasteiger partial charge in [-0.2, -0.15) is 0 Å². The molecule has 1 aliphatic rings. The van der Waals surface area contributed by atoms with Crippen LogP contribution in [0.25, 0.3) is 0 Å². The number of unbranched alkanes of at least 4 members (excludes halogenated alkanes) is 1. The lowest BCUT2D eigenvalue weighted by molar-refractivity contribution is -0.144. The van der Waals surface area contributed by atoms with Crippen LogP contribution in [0.3, 0.4) is 0 Å². The van der Waals surface area contributed by atoms with Crippen LogP contribution in [0, 0.1) is 0 Å². The Hall–Kier alpha value is -1.50. The van der Waals surface area contributed by atoms with Crippen molar-refractivity contribution in [3.8, 4) is 5.75 Å². The summed E-state index contributed by atoms with van der Waals surface area (Å²) in [5.74, 6) is -0.819. The molecule has 0 radical (unpaired) electrons. The van der Waals surface area contributed by atoms with Crippen molar-refractivity contribution in [1.29, 1.82) is 0 Å². The van der Waals surface area contributed by atoms with E-state index < -0.39 is 12.1 Å². The number of aliphatic carboxylic acids is 1. The number of rotatable bonds is 8. The lowest BCUT2D eigenvalue weighted by atomic mass is 10.0. The van der Waals surface area contributed by atoms with Crippen molar-refractivity contribution in [3.05, 3.63) is 27.7 Å². The van der Waals surface area contributed by atoms with E-state index >= 15 is 0 Å². The molecule has 8 heteroatoms. The Bertz CT molecular complexity index is 635. The van der Waals surface area contributed by atoms with E-state index in [-0.39, 0.29) is 23.5 Å². The summed E-state index contributed by atoms with van der Waals surface area (Å²) in [5, 5.41) is 13.6. The van der Waals surface area contributed by atoms with Gasteiger partial charge in [-0.25, -0.2) is 4.79 Å². The van der Waals surface area contributed by atoms with E-state index in [1.807, 2.05) is 0 Å². The number of carboxylic acid groups (broad SMARTS) is 1. The highest BCUT2D eigenvalue weighted by molar-refractivity contribution is 6.42. The van der Waals surface area contributed by atoms with Crippen LogP contribution in [0.4, 0.5) is 0 Å². The van der Waals surface area contributed by atoms with Gasteiger partial charge in [0.25, 0.3) is 0 Å². The number of benzene rings is 1. The van der Waals surface area contributed by atoms with E-state index in [1.54, 1.807) is 6.07 Å². The average molecular weight is 376 g/mol. The first-order chi connectivity index (χ1) is 11.4. The van der Waals surface area contributed by atoms with Gasteiger partial charge in [-0.1, -0.05) is 41.7 Å². The third kappa shape index (κ3) is 4.53. The summed E-state index contributed by atoms with van der Waals surface area (Å²) >= 11 is 12.1. The molecular weight excluding hydrogens is 357 g/mol. The highest BCUT2D eigenvalue weighted by Gasteiger charge is 2.29. The Labute approximate surface area is 150 Å². The molecule has 2 atom stereocenters. The Balaban J connectivity index is 2.30. The van der Waals surface area contributed by atoms with Gasteiger partial charge >= 0.3 is 5.97 Å². The number of halogens is 2. The molecule has 1 N–H and O–H groups in total. The van der Waals surface area contributed by atoms with Crippen LogP contribution in [-0.4, -0.2) is 42.2 Å². The van der Waals surface area contributed by atoms with Crippen molar-refractivity contribution in [3.63, 3.8) is 0 Å². The molecule has 0 aliphatic carbocycles. The minimum absolute atomic E-state index is 0.260. The SMILES string of the molecule is CCCCOC1CON=C1c1cc(Cl)c(Cl)cc1O[C@@H](C)C(=O)O. The summed E-state index contributed by atoms with van der Waals surface area (Å²) < 4.78 is 11.3. The molecule has 1 aliphatic heterocycles. The number of nitrogens with zero attached hydrogens (tertiary/aromatic N) is 1. The lowest BCUT2D eigenvalue weighted by Gasteiger charge is -2.18. The molecule has 0 aromatic heterocycles. The van der Waals surface area contributed by atoms with E-state index in [0.717, 1.165) is 12.8 Å². The van der Waals surface area contributed by atoms with Crippen molar-refractivity contribution < 1.29 is 24.2 Å². The molecule has 132 valence electrons. The maximum Gasteiger partial charge on any atom is 0.344 e. The van der Waals surface area contributed by atoms with Crippen LogP contribution in [-0.2, 0) is 14.4 Å². The summed E-state index contributed by atoms with van der Waals surface area (Å²) in [4.78, 5) is 16.2. The molecule has 0 spiro atoms. The molecule has 2 rings (SSSR count). The van der Waals surface area contributed by atoms with Gasteiger partial charge in [0.1, 0.15) is 24.2 Å². The maximum absolute atomic E-state index is 11.1. The van der Waals surface area contributed by atoms with Crippen LogP contribution >= 0.6 is 23.2 Å². The molecule has 0 bridgehead atoms. The minimum atomic E-state index is -1.09. The molecule has 0 amide bonds. The Kier molecular flexibility index (Phi) is 6.71. The van der Waals surface area contributed by atoms with Gasteiger partial charge in [-0.15, -0.1) is 0 Å². The van der Waals surface area contributed by atoms with Crippen LogP contribution in [0.5, 0.6) is 5.75 Å². The Morgan fingerprint density at radius 3 is 2.83 bits per heavy atom. The fourth-order valence-electron chi connectivity index (χ4n) is 2.10. The van der Waals surface area contributed by atoms with Crippen molar-refractivity contribution in [2.24, 2.45) is 5.16 Å². The van der Waals surface area contributed by atoms with Gasteiger partial charge in [0.05, 0.1) is 10.0 Å². The van der Waals surface area contributed by atoms with Gasteiger partial charge in [0.2, 0.25) is 0 Å². The first-order valence-corrected chi connectivity index (χ1v) is 8.40. The third-order valence-corrected chi connectivity index (χ3v) is 4.18. The van der Waals surface area contributed by atoms with Gasteiger partial charge < -0.3 is 19.4 Å². The summed E-state index contributed by atoms with van der Waals surface area (Å²) in [6.07, 6.45) is 0.515. The highest BCUT2D eigenvalue weighted by Crippen LogP contribution is 2.33. The molecule has 1 aromatic rings. The quantitative estimate of drug-likeness (QED) is 0.699. The number of ether oxygens (including phenoxy) is 2. The highest BCUT2D eigenvalue weighted by atomic mass is 35.5. The number of hydrogen-bond acceptors (Lipinski definition) is 5. The lowest BCUT2D eigenvalue weighted by Crippen LogP contribution is -2.28. The zero-order valence-electron chi connectivity index (χ0n) is 13.4. The molecule has 0 saturated carbocycles. The second-order valence-electron chi connectivity index (χ2n) is 5.35. The predicted molar refractivity (Wildman–Crippen MR) is 91.3 cm³/mol. The van der Waals surface area contributed by atoms with E-state index in [0.29, 0.717) is 22.9 Å². The zero-order valence-corrected chi connectivity index (χ0v) is 14.9. The molecule has 1 unspecified atom stereocenters. The summed E-state index contributed by atoms with van der Waals surface area (Å²) in [6.45, 7) is 4.36. The predicted octanol–water partition coefficient (Wildman–Crippen LogP) is 3.76. The van der Waals surface area contributed by atoms with E-state index in [4.69, 9.17) is 42.6 Å². The largest absolute Gasteiger partial charge is 0.479 e. The molecular formula is C16H19Cl2NO5. The molecule has 1 heterocycles. The number of oxime groups is 1. The van der Waals surface area contributed by atoms with Crippen LogP contribution < -0.4 is 4.74 Å². The van der Waals surface area contributed by atoms with Crippen molar-refractivity contribution >= 4 is 34.9 Å². The van der Waals surface area contributed by atoms with Crippen LogP contribution in [0.2, 0.25) is 10.0 Å². The first kappa shape index (κ1) is 18.8. The third-order valence-electron chi connectivity index (χ3n) is 3.46. The second-order valence-corrected chi connectivity index (χ2v) is 6.16. The monoisotopic (exact) mass is 375 g/mol. The number of carbonyl (C=O) groups is 1. The average Bonchev–Trinajstić information content (AvgIpc) is 2.99. The number of carboxylic acids is 1. The summed E-state index contributed by atoms with van der Waals surface area (Å²) in [6, 6.07) is 3.06. The molecule has 24 heavy (non-hydrogen) atoms. The van der Waals surface area contributed by atoms with Gasteiger partial charge in [0, 0.05) is 18.2 Å². The van der Waals surface area contributed by atoms with Crippen molar-refractivity contribution in [1.82, 2.24) is 0 Å². The zero-order chi connectivity index (χ0) is 17.7. The van der Waals surface area contributed by atoms with E-state index in [9.17, 15) is 4.79 Å². The maximum atomic E-state index is 11.1. The van der Waals surface area contributed by atoms with E-state index in [1.165, 1.54) is 13.0 Å². The fourth-order valence-corrected chi connectivity index (χ4v) is 2.42. The fraction of sp³-hybridized carbons (Fsp3) is 0.500. The summed E-state index contributed by atoms with van der Waals surface area (Å²) in [5.41, 5.74) is 1.02. The van der Waals surface area contributed by atoms with E-state index in [2.05, 4.69) is 12.1 Å². The van der Waals surface area contributed by atoms with Crippen LogP contribution in [0.15, 0.2) is 17.3 Å². The Morgan fingerprint density at radius 2 is 2.17 bits per heavy atom. The second kappa shape index (κ2) is 8.55. The topological polar surface area (TPSA) is 77.3 Å². The van der Waals surface area contributed by atoms with Crippen molar-refractivity contribution in [2.75, 3.05) is 13.2 Å². The Morgan fingerprint density at radius 1 is 1.46 bits per heavy atom. The van der Waals surface area contributed by atoms with Crippen LogP contribution in [0.1, 0.15) is 32.3 Å². The van der Waals surface area contributed by atoms with Gasteiger partial charge in [0.15, 0.2) is 6.10 Å². The summed E-state index contributed by atoms with van der Waals surface area (Å²) in [7, 11) is 0. The first-order valence-electron chi connectivity index (χ1n) is 7.64. The van der Waals surface area contributed by atoms with Gasteiger partial charge in [-0.3, -0.25) is 0 Å². The molecule has 0 fully saturated rings. The normalized spacial score (nSPS) is 18.0. The molecule has 1 aromatic carbocycles. The van der Waals surface area contributed by atoms with Crippen molar-refractivity contribution in [2.45, 2.75) is 38.9 Å². The number of hydrogen-bond donors (Lipinski definition) is 1. The minimum Gasteiger partial charge on any atom is -0.479 e. The van der Waals surface area contributed by atoms with Gasteiger partial charge in [-0.05, 0) is 19.4 Å². The molecule has 0 saturated heterocycles.